The SMILES string of the molecule is C=C/C=c1\c(=C/C)n(C)c2nc(/C=C\C)c(/C=C\C)nc12.CC.CC. The number of aryl methyl sites for hydroxylation is 1. The Balaban J connectivity index is 0.00000134. The smallest absolute Gasteiger partial charge is 0.160 e. The van der Waals surface area contributed by atoms with Crippen molar-refractivity contribution in [3.63, 3.8) is 0 Å². The fourth-order valence-electron chi connectivity index (χ4n) is 2.48. The highest BCUT2D eigenvalue weighted by Crippen LogP contribution is 2.12. The van der Waals surface area contributed by atoms with E-state index in [-0.39, 0.29) is 0 Å². The van der Waals surface area contributed by atoms with Gasteiger partial charge in [0.15, 0.2) is 5.65 Å². The molecule has 0 saturated heterocycles. The summed E-state index contributed by atoms with van der Waals surface area (Å²) in [6, 6.07) is 0. The third-order valence-electron chi connectivity index (χ3n) is 3.35. The van der Waals surface area contributed by atoms with Crippen LogP contribution in [0.5, 0.6) is 0 Å². The molecule has 2 rings (SSSR count). The first-order valence-corrected chi connectivity index (χ1v) is 9.08. The number of hydrogen-bond donors (Lipinski definition) is 0. The summed E-state index contributed by atoms with van der Waals surface area (Å²) >= 11 is 0. The van der Waals surface area contributed by atoms with Gasteiger partial charge in [-0.05, 0) is 32.9 Å². The third kappa shape index (κ3) is 5.02. The number of fused-ring (bicyclic) bond motifs is 1. The van der Waals surface area contributed by atoms with Crippen molar-refractivity contribution < 1.29 is 0 Å². The molecule has 2 aromatic rings. The van der Waals surface area contributed by atoms with Crippen molar-refractivity contribution in [2.45, 2.75) is 48.5 Å². The molecule has 2 aromatic heterocycles. The van der Waals surface area contributed by atoms with Crippen LogP contribution in [0.4, 0.5) is 0 Å². The van der Waals surface area contributed by atoms with Crippen LogP contribution in [0.25, 0.3) is 35.5 Å². The molecule has 3 heteroatoms. The first kappa shape index (κ1) is 22.6. The van der Waals surface area contributed by atoms with Crippen LogP contribution in [0, 0.1) is 0 Å². The topological polar surface area (TPSA) is 30.7 Å². The predicted molar refractivity (Wildman–Crippen MR) is 115 cm³/mol. The number of nitrogens with zero attached hydrogens (tertiary/aromatic N) is 3. The standard InChI is InChI=1S/C18H21N3.2C2H6/c1-6-10-13-16(9-4)21(5)18-17(13)19-14(11-7-2)15(20-18)12-8-3;2*1-2/h6-12H,1H2,2-5H3;2*1-2H3/b11-7-,12-8-,13-10+,16-9+;;. The maximum atomic E-state index is 4.81. The monoisotopic (exact) mass is 339 g/mol. The molecule has 2 heterocycles. The highest BCUT2D eigenvalue weighted by molar-refractivity contribution is 5.78. The van der Waals surface area contributed by atoms with Crippen LogP contribution >= 0.6 is 0 Å². The van der Waals surface area contributed by atoms with Crippen LogP contribution in [0.1, 0.15) is 59.9 Å². The van der Waals surface area contributed by atoms with E-state index in [0.717, 1.165) is 33.1 Å². The lowest BCUT2D eigenvalue weighted by Crippen LogP contribution is -2.27. The van der Waals surface area contributed by atoms with Gasteiger partial charge < -0.3 is 4.57 Å². The molecule has 0 aliphatic rings. The van der Waals surface area contributed by atoms with Crippen molar-refractivity contribution in [2.24, 2.45) is 7.05 Å². The van der Waals surface area contributed by atoms with Crippen molar-refractivity contribution in [3.05, 3.63) is 46.8 Å². The van der Waals surface area contributed by atoms with Gasteiger partial charge in [-0.15, -0.1) is 0 Å². The summed E-state index contributed by atoms with van der Waals surface area (Å²) < 4.78 is 2.07. The Labute approximate surface area is 152 Å². The van der Waals surface area contributed by atoms with Gasteiger partial charge in [-0.25, -0.2) is 9.97 Å². The zero-order chi connectivity index (χ0) is 19.4. The number of hydrogen-bond acceptors (Lipinski definition) is 2. The second-order valence-electron chi connectivity index (χ2n) is 4.72. The first-order valence-electron chi connectivity index (χ1n) is 9.08. The zero-order valence-corrected chi connectivity index (χ0v) is 17.1. The minimum Gasteiger partial charge on any atom is -0.327 e. The van der Waals surface area contributed by atoms with Gasteiger partial charge >= 0.3 is 0 Å². The van der Waals surface area contributed by atoms with E-state index in [4.69, 9.17) is 9.97 Å². The molecule has 0 unspecified atom stereocenters. The summed E-state index contributed by atoms with van der Waals surface area (Å²) in [4.78, 5) is 9.59. The van der Waals surface area contributed by atoms with Crippen LogP contribution in [-0.4, -0.2) is 14.5 Å². The summed E-state index contributed by atoms with van der Waals surface area (Å²) in [5.74, 6) is 0. The van der Waals surface area contributed by atoms with Gasteiger partial charge in [0.1, 0.15) is 5.52 Å². The van der Waals surface area contributed by atoms with E-state index in [9.17, 15) is 0 Å². The van der Waals surface area contributed by atoms with Gasteiger partial charge in [0.05, 0.1) is 11.4 Å². The van der Waals surface area contributed by atoms with Crippen molar-refractivity contribution in [2.75, 3.05) is 0 Å². The van der Waals surface area contributed by atoms with E-state index in [1.807, 2.05) is 85.9 Å². The summed E-state index contributed by atoms with van der Waals surface area (Å²) in [5, 5.41) is 2.17. The quantitative estimate of drug-likeness (QED) is 0.800. The molecular weight excluding hydrogens is 306 g/mol. The second kappa shape index (κ2) is 12.0. The Morgan fingerprint density at radius 1 is 0.880 bits per heavy atom. The summed E-state index contributed by atoms with van der Waals surface area (Å²) in [7, 11) is 2.02. The van der Waals surface area contributed by atoms with E-state index < -0.39 is 0 Å². The third-order valence-corrected chi connectivity index (χ3v) is 3.35. The first-order chi connectivity index (χ1) is 12.2. The summed E-state index contributed by atoms with van der Waals surface area (Å²) in [6.45, 7) is 17.8. The Hall–Kier alpha value is -2.42. The van der Waals surface area contributed by atoms with Crippen molar-refractivity contribution in [1.29, 1.82) is 0 Å². The Bertz CT molecular complexity index is 850. The molecule has 0 radical (unpaired) electrons. The lowest BCUT2D eigenvalue weighted by Gasteiger charge is -2.02. The maximum absolute atomic E-state index is 4.81. The van der Waals surface area contributed by atoms with Crippen molar-refractivity contribution >= 4 is 35.5 Å². The van der Waals surface area contributed by atoms with Crippen LogP contribution in [0.2, 0.25) is 0 Å². The van der Waals surface area contributed by atoms with Gasteiger partial charge in [-0.3, -0.25) is 0 Å². The molecule has 3 nitrogen and oxygen atoms in total. The molecule has 0 fully saturated rings. The summed E-state index contributed by atoms with van der Waals surface area (Å²) in [6.07, 6.45) is 13.8. The minimum atomic E-state index is 0.884. The molecule has 0 atom stereocenters. The Morgan fingerprint density at radius 2 is 1.40 bits per heavy atom. The van der Waals surface area contributed by atoms with E-state index >= 15 is 0 Å². The van der Waals surface area contributed by atoms with Crippen LogP contribution in [-0.2, 0) is 7.05 Å². The molecular formula is C22H33N3. The zero-order valence-electron chi connectivity index (χ0n) is 17.1. The molecule has 0 aliphatic heterocycles. The molecule has 0 amide bonds. The molecule has 136 valence electrons. The molecule has 0 aromatic carbocycles. The molecule has 0 saturated carbocycles. The molecule has 0 bridgehead atoms. The fraction of sp³-hybridized carbons (Fsp3) is 0.364. The lowest BCUT2D eigenvalue weighted by molar-refractivity contribution is 0.904. The minimum absolute atomic E-state index is 0.884. The Morgan fingerprint density at radius 3 is 1.84 bits per heavy atom. The van der Waals surface area contributed by atoms with Gasteiger partial charge in [-0.1, -0.05) is 64.7 Å². The molecule has 0 N–H and O–H groups in total. The molecule has 0 aliphatic carbocycles. The normalized spacial score (nSPS) is 12.3. The summed E-state index contributed by atoms with van der Waals surface area (Å²) in [5.41, 5.74) is 3.57. The van der Waals surface area contributed by atoms with Gasteiger partial charge in [0, 0.05) is 17.6 Å². The van der Waals surface area contributed by atoms with E-state index in [1.54, 1.807) is 6.08 Å². The largest absolute Gasteiger partial charge is 0.327 e. The highest BCUT2D eigenvalue weighted by atomic mass is 15.0. The average Bonchev–Trinajstić information content (AvgIpc) is 2.90. The van der Waals surface area contributed by atoms with Gasteiger partial charge in [0.2, 0.25) is 0 Å². The van der Waals surface area contributed by atoms with Crippen molar-refractivity contribution in [3.8, 4) is 0 Å². The second-order valence-corrected chi connectivity index (χ2v) is 4.72. The van der Waals surface area contributed by atoms with Gasteiger partial charge in [0.25, 0.3) is 0 Å². The average molecular weight is 340 g/mol. The van der Waals surface area contributed by atoms with E-state index in [0.29, 0.717) is 0 Å². The highest BCUT2D eigenvalue weighted by Gasteiger charge is 2.10. The Kier molecular flexibility index (Phi) is 10.9. The fourth-order valence-corrected chi connectivity index (χ4v) is 2.48. The van der Waals surface area contributed by atoms with Crippen molar-refractivity contribution in [1.82, 2.24) is 14.5 Å². The molecule has 25 heavy (non-hydrogen) atoms. The van der Waals surface area contributed by atoms with E-state index in [2.05, 4.69) is 17.2 Å². The number of allylic oxidation sites excluding steroid dienone is 3. The number of rotatable bonds is 3. The number of aromatic nitrogens is 3. The van der Waals surface area contributed by atoms with Gasteiger partial charge in [-0.2, -0.15) is 0 Å². The van der Waals surface area contributed by atoms with Crippen LogP contribution < -0.4 is 10.6 Å². The maximum Gasteiger partial charge on any atom is 0.160 e. The van der Waals surface area contributed by atoms with Crippen LogP contribution in [0.15, 0.2) is 24.8 Å². The molecule has 0 spiro atoms. The lowest BCUT2D eigenvalue weighted by atomic mass is 10.2. The van der Waals surface area contributed by atoms with E-state index in [1.165, 1.54) is 0 Å². The van der Waals surface area contributed by atoms with Crippen LogP contribution in [0.3, 0.4) is 0 Å². The predicted octanol–water partition coefficient (Wildman–Crippen LogP) is 4.85.